The van der Waals surface area contributed by atoms with Gasteiger partial charge in [0.1, 0.15) is 0 Å². The standard InChI is InChI=1S/C12H18N4O2S2.ClH/c1-6(8-3-14-4-8)10(18)16-12-15-7(2)11(20-12)19-5-9(13)17;/h6,8,14H,3-5H2,1-2H3,(H2,13,17)(H,15,16,18);1H. The number of aryl methyl sites for hydroxylation is 1. The van der Waals surface area contributed by atoms with Crippen LogP contribution in [0.2, 0.25) is 0 Å². The molecule has 0 radical (unpaired) electrons. The second-order valence-electron chi connectivity index (χ2n) is 4.84. The zero-order chi connectivity index (χ0) is 14.7. The van der Waals surface area contributed by atoms with Gasteiger partial charge in [-0.05, 0) is 25.9 Å². The number of thiazole rings is 1. The first-order valence-electron chi connectivity index (χ1n) is 6.37. The molecule has 1 aliphatic heterocycles. The molecule has 118 valence electrons. The minimum Gasteiger partial charge on any atom is -0.369 e. The summed E-state index contributed by atoms with van der Waals surface area (Å²) in [6.07, 6.45) is 0. The fourth-order valence-electron chi connectivity index (χ4n) is 1.80. The molecule has 1 fully saturated rings. The number of nitrogens with one attached hydrogen (secondary N) is 2. The molecule has 0 aromatic carbocycles. The topological polar surface area (TPSA) is 97.1 Å². The maximum Gasteiger partial charge on any atom is 0.229 e. The maximum absolute atomic E-state index is 12.1. The third-order valence-electron chi connectivity index (χ3n) is 3.26. The summed E-state index contributed by atoms with van der Waals surface area (Å²) in [6, 6.07) is 0. The van der Waals surface area contributed by atoms with Crippen LogP contribution in [0.1, 0.15) is 12.6 Å². The van der Waals surface area contributed by atoms with Crippen LogP contribution in [-0.4, -0.2) is 35.6 Å². The Hall–Kier alpha value is -0.830. The summed E-state index contributed by atoms with van der Waals surface area (Å²) in [5, 5.41) is 6.59. The molecule has 0 saturated carbocycles. The summed E-state index contributed by atoms with van der Waals surface area (Å²) in [5.41, 5.74) is 5.94. The van der Waals surface area contributed by atoms with Crippen molar-refractivity contribution in [1.29, 1.82) is 0 Å². The second kappa shape index (κ2) is 7.98. The average Bonchev–Trinajstić information content (AvgIpc) is 2.64. The quantitative estimate of drug-likeness (QED) is 0.671. The monoisotopic (exact) mass is 350 g/mol. The maximum atomic E-state index is 12.1. The van der Waals surface area contributed by atoms with Crippen molar-refractivity contribution in [2.75, 3.05) is 24.2 Å². The van der Waals surface area contributed by atoms with Gasteiger partial charge in [0.05, 0.1) is 15.7 Å². The highest BCUT2D eigenvalue weighted by atomic mass is 35.5. The van der Waals surface area contributed by atoms with E-state index in [1.54, 1.807) is 0 Å². The summed E-state index contributed by atoms with van der Waals surface area (Å²) in [7, 11) is 0. The number of nitrogens with zero attached hydrogens (tertiary/aromatic N) is 1. The fourth-order valence-corrected chi connectivity index (χ4v) is 3.68. The molecule has 2 rings (SSSR count). The lowest BCUT2D eigenvalue weighted by Crippen LogP contribution is -2.48. The number of carbonyl (C=O) groups is 2. The van der Waals surface area contributed by atoms with Gasteiger partial charge in [-0.15, -0.1) is 24.2 Å². The van der Waals surface area contributed by atoms with E-state index < -0.39 is 0 Å². The molecule has 6 nitrogen and oxygen atoms in total. The van der Waals surface area contributed by atoms with Crippen molar-refractivity contribution < 1.29 is 9.59 Å². The van der Waals surface area contributed by atoms with Gasteiger partial charge in [-0.3, -0.25) is 9.59 Å². The van der Waals surface area contributed by atoms with Crippen LogP contribution in [0, 0.1) is 18.8 Å². The molecule has 0 spiro atoms. The van der Waals surface area contributed by atoms with Gasteiger partial charge in [-0.1, -0.05) is 18.3 Å². The Morgan fingerprint density at radius 1 is 1.57 bits per heavy atom. The molecule has 2 amide bonds. The van der Waals surface area contributed by atoms with Crippen LogP contribution in [0.3, 0.4) is 0 Å². The zero-order valence-electron chi connectivity index (χ0n) is 11.8. The zero-order valence-corrected chi connectivity index (χ0v) is 14.3. The van der Waals surface area contributed by atoms with Crippen molar-refractivity contribution >= 4 is 52.5 Å². The Kier molecular flexibility index (Phi) is 6.92. The highest BCUT2D eigenvalue weighted by molar-refractivity contribution is 8.01. The van der Waals surface area contributed by atoms with Crippen molar-refractivity contribution in [2.24, 2.45) is 17.6 Å². The summed E-state index contributed by atoms with van der Waals surface area (Å²) in [4.78, 5) is 27.2. The third-order valence-corrected chi connectivity index (χ3v) is 5.72. The molecule has 0 bridgehead atoms. The van der Waals surface area contributed by atoms with E-state index in [1.807, 2.05) is 13.8 Å². The van der Waals surface area contributed by atoms with Crippen LogP contribution in [0.5, 0.6) is 0 Å². The number of rotatable bonds is 6. The van der Waals surface area contributed by atoms with E-state index in [0.29, 0.717) is 11.0 Å². The molecular weight excluding hydrogens is 332 g/mol. The number of thioether (sulfide) groups is 1. The number of carbonyl (C=O) groups excluding carboxylic acids is 2. The minimum atomic E-state index is -0.362. The molecule has 4 N–H and O–H groups in total. The van der Waals surface area contributed by atoms with E-state index in [0.717, 1.165) is 23.0 Å². The summed E-state index contributed by atoms with van der Waals surface area (Å²) >= 11 is 2.73. The van der Waals surface area contributed by atoms with Crippen LogP contribution in [-0.2, 0) is 9.59 Å². The Morgan fingerprint density at radius 3 is 2.76 bits per heavy atom. The number of hydrogen-bond acceptors (Lipinski definition) is 6. The number of nitrogens with two attached hydrogens (primary N) is 1. The van der Waals surface area contributed by atoms with Crippen LogP contribution in [0.25, 0.3) is 0 Å². The van der Waals surface area contributed by atoms with Gasteiger partial charge in [-0.2, -0.15) is 0 Å². The molecule has 9 heteroatoms. The van der Waals surface area contributed by atoms with Crippen LogP contribution in [0.4, 0.5) is 5.13 Å². The van der Waals surface area contributed by atoms with Gasteiger partial charge in [-0.25, -0.2) is 4.98 Å². The number of anilines is 1. The highest BCUT2D eigenvalue weighted by Gasteiger charge is 2.29. The lowest BCUT2D eigenvalue weighted by molar-refractivity contribution is -0.121. The van der Waals surface area contributed by atoms with E-state index in [4.69, 9.17) is 5.73 Å². The predicted octanol–water partition coefficient (Wildman–Crippen LogP) is 1.24. The molecular formula is C12H19ClN4O2S2. The normalized spacial score (nSPS) is 15.7. The Balaban J connectivity index is 0.00000220. The van der Waals surface area contributed by atoms with Gasteiger partial charge in [0.15, 0.2) is 5.13 Å². The lowest BCUT2D eigenvalue weighted by atomic mass is 9.88. The van der Waals surface area contributed by atoms with Crippen LogP contribution in [0.15, 0.2) is 4.21 Å². The number of hydrogen-bond donors (Lipinski definition) is 3. The smallest absolute Gasteiger partial charge is 0.229 e. The molecule has 1 aliphatic rings. The number of halogens is 1. The van der Waals surface area contributed by atoms with Crippen molar-refractivity contribution in [3.8, 4) is 0 Å². The van der Waals surface area contributed by atoms with E-state index in [1.165, 1.54) is 23.1 Å². The van der Waals surface area contributed by atoms with Crippen molar-refractivity contribution in [1.82, 2.24) is 10.3 Å². The average molecular weight is 351 g/mol. The summed E-state index contributed by atoms with van der Waals surface area (Å²) < 4.78 is 0.914. The number of primary amides is 1. The molecule has 1 aromatic heterocycles. The van der Waals surface area contributed by atoms with E-state index in [-0.39, 0.29) is 35.9 Å². The van der Waals surface area contributed by atoms with E-state index >= 15 is 0 Å². The molecule has 2 heterocycles. The van der Waals surface area contributed by atoms with Gasteiger partial charge < -0.3 is 16.4 Å². The Bertz CT molecular complexity index is 519. The first-order valence-corrected chi connectivity index (χ1v) is 8.17. The molecule has 21 heavy (non-hydrogen) atoms. The Morgan fingerprint density at radius 2 is 2.24 bits per heavy atom. The fraction of sp³-hybridized carbons (Fsp3) is 0.583. The first kappa shape index (κ1) is 18.2. The van der Waals surface area contributed by atoms with Crippen molar-refractivity contribution in [2.45, 2.75) is 18.1 Å². The lowest BCUT2D eigenvalue weighted by Gasteiger charge is -2.31. The van der Waals surface area contributed by atoms with Crippen LogP contribution < -0.4 is 16.4 Å². The van der Waals surface area contributed by atoms with Crippen molar-refractivity contribution in [3.05, 3.63) is 5.69 Å². The number of amides is 2. The summed E-state index contributed by atoms with van der Waals surface area (Å²) in [5.74, 6) is 0.235. The van der Waals surface area contributed by atoms with Gasteiger partial charge in [0, 0.05) is 5.92 Å². The van der Waals surface area contributed by atoms with Gasteiger partial charge >= 0.3 is 0 Å². The van der Waals surface area contributed by atoms with Gasteiger partial charge in [0.25, 0.3) is 0 Å². The van der Waals surface area contributed by atoms with Crippen LogP contribution >= 0.6 is 35.5 Å². The van der Waals surface area contributed by atoms with E-state index in [2.05, 4.69) is 15.6 Å². The molecule has 1 saturated heterocycles. The molecule has 0 aliphatic carbocycles. The predicted molar refractivity (Wildman–Crippen MR) is 88.2 cm³/mol. The third kappa shape index (κ3) is 4.84. The highest BCUT2D eigenvalue weighted by Crippen LogP contribution is 2.32. The first-order chi connectivity index (χ1) is 9.47. The Labute approximate surface area is 138 Å². The van der Waals surface area contributed by atoms with Gasteiger partial charge in [0.2, 0.25) is 11.8 Å². The molecule has 1 aromatic rings. The van der Waals surface area contributed by atoms with E-state index in [9.17, 15) is 9.59 Å². The largest absolute Gasteiger partial charge is 0.369 e. The summed E-state index contributed by atoms with van der Waals surface area (Å²) in [6.45, 7) is 5.58. The molecule has 1 atom stereocenters. The molecule has 1 unspecified atom stereocenters. The second-order valence-corrected chi connectivity index (χ2v) is 7.09. The minimum absolute atomic E-state index is 0. The van der Waals surface area contributed by atoms with Crippen molar-refractivity contribution in [3.63, 3.8) is 0 Å². The number of aromatic nitrogens is 1. The SMILES string of the molecule is Cc1nc(NC(=O)C(C)C2CNC2)sc1SCC(N)=O.Cl.